The maximum atomic E-state index is 15.4. The number of methoxy groups -OCH3 is 1. The van der Waals surface area contributed by atoms with E-state index < -0.39 is 57.6 Å². The number of hydrogen-bond acceptors (Lipinski definition) is 7. The van der Waals surface area contributed by atoms with E-state index in [9.17, 15) is 34.5 Å². The quantitative estimate of drug-likeness (QED) is 0.0917. The van der Waals surface area contributed by atoms with Crippen LogP contribution in [0.1, 0.15) is 82.7 Å². The van der Waals surface area contributed by atoms with Gasteiger partial charge in [0.05, 0.1) is 46.9 Å². The molecule has 0 saturated carbocycles. The molecule has 0 radical (unpaired) electrons. The van der Waals surface area contributed by atoms with Crippen molar-refractivity contribution < 1.29 is 43.2 Å². The molecule has 0 aliphatic carbocycles. The van der Waals surface area contributed by atoms with Crippen LogP contribution in [0.3, 0.4) is 0 Å². The molecule has 314 valence electrons. The minimum Gasteiger partial charge on any atom is -0.496 e. The molecule has 2 atom stereocenters. The third-order valence-electron chi connectivity index (χ3n) is 10.8. The maximum Gasteiger partial charge on any atom is 0.341 e. The van der Waals surface area contributed by atoms with Gasteiger partial charge in [-0.05, 0) is 58.4 Å². The summed E-state index contributed by atoms with van der Waals surface area (Å²) in [7, 11) is 1.42. The zero-order valence-corrected chi connectivity index (χ0v) is 34.8. The Hall–Kier alpha value is -5.76. The van der Waals surface area contributed by atoms with Crippen molar-refractivity contribution in [2.75, 3.05) is 20.3 Å². The van der Waals surface area contributed by atoms with Gasteiger partial charge in [0.15, 0.2) is 0 Å². The van der Waals surface area contributed by atoms with Gasteiger partial charge >= 0.3 is 11.9 Å². The van der Waals surface area contributed by atoms with Gasteiger partial charge < -0.3 is 33.9 Å². The highest BCUT2D eigenvalue weighted by Gasteiger charge is 2.27. The molecule has 11 nitrogen and oxygen atoms in total. The molecular weight excluding hydrogens is 821 g/mol. The van der Waals surface area contributed by atoms with Crippen LogP contribution >= 0.6 is 23.2 Å². The van der Waals surface area contributed by atoms with Crippen LogP contribution in [0.5, 0.6) is 11.5 Å². The Bertz CT molecular complexity index is 2780. The van der Waals surface area contributed by atoms with E-state index in [0.717, 1.165) is 0 Å². The molecule has 6 rings (SSSR count). The maximum absolute atomic E-state index is 15.4. The summed E-state index contributed by atoms with van der Waals surface area (Å²) in [5, 5.41) is 30.5. The second-order valence-electron chi connectivity index (χ2n) is 15.2. The lowest BCUT2D eigenvalue weighted by atomic mass is 9.98. The van der Waals surface area contributed by atoms with Gasteiger partial charge in [-0.3, -0.25) is 9.59 Å². The number of carboxylic acid groups (broad SMARTS) is 2. The van der Waals surface area contributed by atoms with E-state index in [4.69, 9.17) is 32.7 Å². The molecule has 0 aliphatic rings. The summed E-state index contributed by atoms with van der Waals surface area (Å²) < 4.78 is 45.9. The highest BCUT2D eigenvalue weighted by molar-refractivity contribution is 6.31. The highest BCUT2D eigenvalue weighted by Crippen LogP contribution is 2.35. The molecule has 2 heterocycles. The first-order chi connectivity index (χ1) is 28.5. The van der Waals surface area contributed by atoms with Crippen molar-refractivity contribution in [3.63, 3.8) is 0 Å². The number of carboxylic acids is 2. The summed E-state index contributed by atoms with van der Waals surface area (Å²) >= 11 is 12.2. The number of benzene rings is 4. The van der Waals surface area contributed by atoms with Crippen LogP contribution < -0.4 is 20.3 Å². The summed E-state index contributed by atoms with van der Waals surface area (Å²) in [5.41, 5.74) is -0.950. The van der Waals surface area contributed by atoms with Crippen molar-refractivity contribution in [2.45, 2.75) is 52.6 Å². The molecular formula is C45H42Cl2F2N2O9. The first-order valence-corrected chi connectivity index (χ1v) is 19.8. The average Bonchev–Trinajstić information content (AvgIpc) is 3.19. The summed E-state index contributed by atoms with van der Waals surface area (Å²) in [4.78, 5) is 52.4. The molecule has 0 spiro atoms. The SMILES string of the molecule is COc1cc2c(cc1Cc1cccc(Cl)c1F)c(=O)c(C(=O)O)cn2[C@H](COc1cc2c(cc1Cc1cccc(Cl)c1F)c(=O)c(C(=O)O)cn2[C@H](CO)C(C)C)C(C)C. The standard InChI is InChI=1S/C45H42Cl2F2N2O9/c1-22(2)36(20-52)50-18-30(44(55)56)43(54)29-15-27(13-25-9-7-11-33(47)41(25)49)39(17-35(29)50)60-21-37(23(3)4)51-19-31(45(57)58)42(53)28-14-26(38(59-5)16-34(28)51)12-24-8-6-10-32(46)40(24)48/h6-11,14-19,22-23,36-37,52H,12-13,20-21H2,1-5H3,(H,55,56)(H,57,58)/t36-,37-/m1/s1. The predicted octanol–water partition coefficient (Wildman–Crippen LogP) is 8.95. The highest BCUT2D eigenvalue weighted by atomic mass is 35.5. The van der Waals surface area contributed by atoms with Crippen LogP contribution in [0.15, 0.2) is 82.6 Å². The molecule has 0 amide bonds. The van der Waals surface area contributed by atoms with Crippen molar-refractivity contribution >= 4 is 56.9 Å². The summed E-state index contributed by atoms with van der Waals surface area (Å²) in [6.07, 6.45) is 2.27. The van der Waals surface area contributed by atoms with Crippen molar-refractivity contribution in [3.05, 3.63) is 149 Å². The van der Waals surface area contributed by atoms with E-state index >= 15 is 8.78 Å². The molecule has 60 heavy (non-hydrogen) atoms. The first kappa shape index (κ1) is 43.8. The smallest absolute Gasteiger partial charge is 0.341 e. The second-order valence-corrected chi connectivity index (χ2v) is 16.0. The minimum absolute atomic E-state index is 0.00254. The zero-order valence-electron chi connectivity index (χ0n) is 33.3. The lowest BCUT2D eigenvalue weighted by Crippen LogP contribution is -2.28. The molecule has 0 bridgehead atoms. The molecule has 2 aromatic heterocycles. The fraction of sp³-hybridized carbons (Fsp3) is 0.289. The number of fused-ring (bicyclic) bond motifs is 2. The van der Waals surface area contributed by atoms with E-state index in [1.807, 2.05) is 27.7 Å². The third-order valence-corrected chi connectivity index (χ3v) is 11.4. The van der Waals surface area contributed by atoms with Crippen LogP contribution in [0.25, 0.3) is 21.8 Å². The first-order valence-electron chi connectivity index (χ1n) is 19.0. The van der Waals surface area contributed by atoms with Crippen LogP contribution in [0.2, 0.25) is 10.0 Å². The molecule has 6 aromatic rings. The monoisotopic (exact) mass is 862 g/mol. The van der Waals surface area contributed by atoms with Gasteiger partial charge in [-0.15, -0.1) is 0 Å². The predicted molar refractivity (Wildman–Crippen MR) is 226 cm³/mol. The number of aromatic nitrogens is 2. The number of carbonyl (C=O) groups is 2. The Morgan fingerprint density at radius 3 is 1.53 bits per heavy atom. The Morgan fingerprint density at radius 1 is 0.683 bits per heavy atom. The molecule has 0 saturated heterocycles. The number of nitrogens with zero attached hydrogens (tertiary/aromatic N) is 2. The van der Waals surface area contributed by atoms with Gasteiger partial charge in [-0.2, -0.15) is 0 Å². The van der Waals surface area contributed by atoms with E-state index in [2.05, 4.69) is 0 Å². The zero-order chi connectivity index (χ0) is 43.7. The van der Waals surface area contributed by atoms with Crippen molar-refractivity contribution in [2.24, 2.45) is 11.8 Å². The molecule has 0 aliphatic heterocycles. The van der Waals surface area contributed by atoms with Gasteiger partial charge in [0, 0.05) is 48.1 Å². The fourth-order valence-electron chi connectivity index (χ4n) is 7.47. The molecule has 0 unspecified atom stereocenters. The minimum atomic E-state index is -1.47. The van der Waals surface area contributed by atoms with Crippen LogP contribution in [-0.2, 0) is 12.8 Å². The van der Waals surface area contributed by atoms with Gasteiger partial charge in [0.25, 0.3) is 0 Å². The number of rotatable bonds is 15. The number of halogens is 4. The van der Waals surface area contributed by atoms with Crippen LogP contribution in [0.4, 0.5) is 8.78 Å². The molecule has 15 heteroatoms. The van der Waals surface area contributed by atoms with E-state index in [-0.39, 0.29) is 81.1 Å². The normalized spacial score (nSPS) is 12.7. The number of aliphatic hydroxyl groups excluding tert-OH is 1. The average molecular weight is 864 g/mol. The second kappa shape index (κ2) is 17.8. The summed E-state index contributed by atoms with van der Waals surface area (Å²) in [6.45, 7) is 6.86. The van der Waals surface area contributed by atoms with Crippen molar-refractivity contribution in [1.82, 2.24) is 9.13 Å². The Morgan fingerprint density at radius 2 is 1.12 bits per heavy atom. The van der Waals surface area contributed by atoms with Crippen molar-refractivity contribution in [1.29, 1.82) is 0 Å². The van der Waals surface area contributed by atoms with Gasteiger partial charge in [0.2, 0.25) is 10.9 Å². The molecule has 4 aromatic carbocycles. The number of aliphatic hydroxyl groups is 1. The summed E-state index contributed by atoms with van der Waals surface area (Å²) in [5.74, 6) is -4.30. The fourth-order valence-corrected chi connectivity index (χ4v) is 7.86. The molecule has 0 fully saturated rings. The largest absolute Gasteiger partial charge is 0.496 e. The number of aromatic carboxylic acids is 2. The van der Waals surface area contributed by atoms with Gasteiger partial charge in [0.1, 0.15) is 40.9 Å². The lowest BCUT2D eigenvalue weighted by molar-refractivity contribution is 0.0683. The van der Waals surface area contributed by atoms with E-state index in [1.165, 1.54) is 54.4 Å². The van der Waals surface area contributed by atoms with Crippen LogP contribution in [0, 0.1) is 23.5 Å². The number of hydrogen-bond donors (Lipinski definition) is 3. The topological polar surface area (TPSA) is 157 Å². The van der Waals surface area contributed by atoms with Crippen LogP contribution in [-0.4, -0.2) is 56.7 Å². The van der Waals surface area contributed by atoms with Crippen molar-refractivity contribution in [3.8, 4) is 11.5 Å². The van der Waals surface area contributed by atoms with E-state index in [1.54, 1.807) is 34.9 Å². The summed E-state index contributed by atoms with van der Waals surface area (Å²) in [6, 6.07) is 13.7. The number of ether oxygens (including phenoxy) is 2. The molecule has 3 N–H and O–H groups in total. The number of pyridine rings is 2. The lowest BCUT2D eigenvalue weighted by Gasteiger charge is -2.28. The Kier molecular flexibility index (Phi) is 13.0. The van der Waals surface area contributed by atoms with E-state index in [0.29, 0.717) is 22.4 Å². The third kappa shape index (κ3) is 8.47. The van der Waals surface area contributed by atoms with Gasteiger partial charge in [-0.25, -0.2) is 18.4 Å². The Balaban J connectivity index is 1.55. The Labute approximate surface area is 352 Å². The van der Waals surface area contributed by atoms with Gasteiger partial charge in [-0.1, -0.05) is 75.2 Å².